The van der Waals surface area contributed by atoms with Crippen LogP contribution in [0.1, 0.15) is 13.3 Å². The van der Waals surface area contributed by atoms with E-state index in [2.05, 4.69) is 0 Å². The minimum Gasteiger partial charge on any atom is -0.399 e. The van der Waals surface area contributed by atoms with Gasteiger partial charge in [-0.15, -0.1) is 11.8 Å². The van der Waals surface area contributed by atoms with Crippen LogP contribution >= 0.6 is 23.4 Å². The van der Waals surface area contributed by atoms with Crippen molar-refractivity contribution in [3.05, 3.63) is 23.2 Å². The average molecular weight is 245 g/mol. The van der Waals surface area contributed by atoms with Crippen LogP contribution in [0, 0.1) is 0 Å². The van der Waals surface area contributed by atoms with Crippen molar-refractivity contribution in [3.63, 3.8) is 0 Å². The van der Waals surface area contributed by atoms with Crippen LogP contribution in [-0.2, 0) is 4.79 Å². The standard InChI is InChI=1S/C10H13ClN2OS/c1-2-8(10(13)14)15-9-5-6(12)3-4-7(9)11/h3-5,8H,2,12H2,1H3,(H2,13,14). The summed E-state index contributed by atoms with van der Waals surface area (Å²) in [6.45, 7) is 1.91. The molecule has 0 fully saturated rings. The first-order valence-corrected chi connectivity index (χ1v) is 5.81. The number of hydrogen-bond acceptors (Lipinski definition) is 3. The Labute approximate surface area is 98.2 Å². The fourth-order valence-electron chi connectivity index (χ4n) is 1.11. The maximum Gasteiger partial charge on any atom is 0.230 e. The van der Waals surface area contributed by atoms with Crippen LogP contribution in [0.5, 0.6) is 0 Å². The maximum absolute atomic E-state index is 11.1. The number of primary amides is 1. The van der Waals surface area contributed by atoms with Crippen LogP contribution in [0.2, 0.25) is 5.02 Å². The van der Waals surface area contributed by atoms with Gasteiger partial charge in [0.05, 0.1) is 10.3 Å². The Kier molecular flexibility index (Phi) is 4.29. The molecule has 1 unspecified atom stereocenters. The highest BCUT2D eigenvalue weighted by Gasteiger charge is 2.16. The third kappa shape index (κ3) is 3.32. The Balaban J connectivity index is 2.87. The molecule has 0 aromatic heterocycles. The molecule has 1 atom stereocenters. The Hall–Kier alpha value is -0.870. The van der Waals surface area contributed by atoms with E-state index in [1.807, 2.05) is 6.92 Å². The Morgan fingerprint density at radius 1 is 1.60 bits per heavy atom. The smallest absolute Gasteiger partial charge is 0.230 e. The summed E-state index contributed by atoms with van der Waals surface area (Å²) >= 11 is 7.32. The lowest BCUT2D eigenvalue weighted by atomic mass is 10.3. The predicted molar refractivity (Wildman–Crippen MR) is 65.0 cm³/mol. The molecule has 0 radical (unpaired) electrons. The predicted octanol–water partition coefficient (Wildman–Crippen LogP) is 2.28. The number of benzene rings is 1. The minimum atomic E-state index is -0.332. The van der Waals surface area contributed by atoms with Gasteiger partial charge in [0, 0.05) is 10.6 Å². The molecular weight excluding hydrogens is 232 g/mol. The van der Waals surface area contributed by atoms with Crippen LogP contribution in [0.15, 0.2) is 23.1 Å². The number of hydrogen-bond donors (Lipinski definition) is 2. The van der Waals surface area contributed by atoms with Gasteiger partial charge in [0.15, 0.2) is 0 Å². The zero-order valence-corrected chi connectivity index (χ0v) is 9.94. The third-order valence-corrected chi connectivity index (χ3v) is 3.80. The summed E-state index contributed by atoms with van der Waals surface area (Å²) in [6.07, 6.45) is 0.672. The maximum atomic E-state index is 11.1. The summed E-state index contributed by atoms with van der Waals surface area (Å²) in [5.74, 6) is -0.332. The van der Waals surface area contributed by atoms with Crippen molar-refractivity contribution >= 4 is 35.0 Å². The van der Waals surface area contributed by atoms with Crippen LogP contribution in [0.25, 0.3) is 0 Å². The van der Waals surface area contributed by atoms with E-state index in [1.165, 1.54) is 11.8 Å². The quantitative estimate of drug-likeness (QED) is 0.631. The molecule has 0 saturated heterocycles. The summed E-state index contributed by atoms with van der Waals surface area (Å²) in [6, 6.07) is 5.18. The summed E-state index contributed by atoms with van der Waals surface area (Å²) < 4.78 is 0. The second-order valence-electron chi connectivity index (χ2n) is 3.11. The largest absolute Gasteiger partial charge is 0.399 e. The van der Waals surface area contributed by atoms with Crippen LogP contribution in [-0.4, -0.2) is 11.2 Å². The normalized spacial score (nSPS) is 12.4. The molecule has 0 bridgehead atoms. The SMILES string of the molecule is CCC(Sc1cc(N)ccc1Cl)C(N)=O. The lowest BCUT2D eigenvalue weighted by molar-refractivity contribution is -0.117. The van der Waals surface area contributed by atoms with Crippen molar-refractivity contribution in [2.45, 2.75) is 23.5 Å². The number of anilines is 1. The molecule has 15 heavy (non-hydrogen) atoms. The molecule has 0 aliphatic carbocycles. The molecule has 0 saturated carbocycles. The number of carbonyl (C=O) groups excluding carboxylic acids is 1. The molecular formula is C10H13ClN2OS. The van der Waals surface area contributed by atoms with Crippen molar-refractivity contribution in [1.82, 2.24) is 0 Å². The molecule has 1 aromatic rings. The number of nitrogens with two attached hydrogens (primary N) is 2. The average Bonchev–Trinajstić information content (AvgIpc) is 2.18. The van der Waals surface area contributed by atoms with Crippen LogP contribution in [0.4, 0.5) is 5.69 Å². The number of nitrogen functional groups attached to an aromatic ring is 1. The van der Waals surface area contributed by atoms with Gasteiger partial charge in [-0.1, -0.05) is 18.5 Å². The van der Waals surface area contributed by atoms with Crippen molar-refractivity contribution in [3.8, 4) is 0 Å². The lowest BCUT2D eigenvalue weighted by Gasteiger charge is -2.11. The highest BCUT2D eigenvalue weighted by molar-refractivity contribution is 8.00. The van der Waals surface area contributed by atoms with Crippen molar-refractivity contribution < 1.29 is 4.79 Å². The molecule has 1 rings (SSSR count). The van der Waals surface area contributed by atoms with E-state index in [-0.39, 0.29) is 11.2 Å². The van der Waals surface area contributed by atoms with Crippen molar-refractivity contribution in [2.75, 3.05) is 5.73 Å². The van der Waals surface area contributed by atoms with Gasteiger partial charge in [0.2, 0.25) is 5.91 Å². The van der Waals surface area contributed by atoms with Gasteiger partial charge in [-0.05, 0) is 24.6 Å². The monoisotopic (exact) mass is 244 g/mol. The van der Waals surface area contributed by atoms with E-state index in [1.54, 1.807) is 18.2 Å². The summed E-state index contributed by atoms with van der Waals surface area (Å²) in [4.78, 5) is 11.9. The van der Waals surface area contributed by atoms with Crippen molar-refractivity contribution in [1.29, 1.82) is 0 Å². The molecule has 82 valence electrons. The second kappa shape index (κ2) is 5.28. The van der Waals surface area contributed by atoms with Crippen LogP contribution in [0.3, 0.4) is 0 Å². The molecule has 3 nitrogen and oxygen atoms in total. The first-order valence-electron chi connectivity index (χ1n) is 4.55. The van der Waals surface area contributed by atoms with E-state index in [0.717, 1.165) is 4.90 Å². The van der Waals surface area contributed by atoms with E-state index in [4.69, 9.17) is 23.1 Å². The first kappa shape index (κ1) is 12.2. The topological polar surface area (TPSA) is 69.1 Å². The molecule has 1 aromatic carbocycles. The Bertz CT molecular complexity index is 370. The summed E-state index contributed by atoms with van der Waals surface area (Å²) in [5.41, 5.74) is 11.5. The fraction of sp³-hybridized carbons (Fsp3) is 0.300. The molecule has 0 aliphatic heterocycles. The number of rotatable bonds is 4. The number of carbonyl (C=O) groups is 1. The molecule has 4 N–H and O–H groups in total. The highest BCUT2D eigenvalue weighted by Crippen LogP contribution is 2.32. The highest BCUT2D eigenvalue weighted by atomic mass is 35.5. The molecule has 0 aliphatic rings. The van der Waals surface area contributed by atoms with Gasteiger partial charge in [-0.2, -0.15) is 0 Å². The zero-order valence-electron chi connectivity index (χ0n) is 8.37. The molecule has 5 heteroatoms. The Morgan fingerprint density at radius 3 is 2.80 bits per heavy atom. The number of amides is 1. The first-order chi connectivity index (χ1) is 7.04. The van der Waals surface area contributed by atoms with Gasteiger partial charge >= 0.3 is 0 Å². The zero-order chi connectivity index (χ0) is 11.4. The van der Waals surface area contributed by atoms with E-state index in [0.29, 0.717) is 17.1 Å². The van der Waals surface area contributed by atoms with Gasteiger partial charge < -0.3 is 11.5 Å². The number of halogens is 1. The van der Waals surface area contributed by atoms with E-state index < -0.39 is 0 Å². The Morgan fingerprint density at radius 2 is 2.27 bits per heavy atom. The molecule has 0 heterocycles. The van der Waals surface area contributed by atoms with Gasteiger partial charge in [-0.3, -0.25) is 4.79 Å². The minimum absolute atomic E-state index is 0.260. The van der Waals surface area contributed by atoms with E-state index in [9.17, 15) is 4.79 Å². The summed E-state index contributed by atoms with van der Waals surface area (Å²) in [7, 11) is 0. The van der Waals surface area contributed by atoms with Gasteiger partial charge in [-0.25, -0.2) is 0 Å². The molecule has 0 spiro atoms. The van der Waals surface area contributed by atoms with Gasteiger partial charge in [0.1, 0.15) is 0 Å². The molecule has 1 amide bonds. The van der Waals surface area contributed by atoms with Crippen molar-refractivity contribution in [2.24, 2.45) is 5.73 Å². The fourth-order valence-corrected chi connectivity index (χ4v) is 2.33. The van der Waals surface area contributed by atoms with Crippen LogP contribution < -0.4 is 11.5 Å². The van der Waals surface area contributed by atoms with E-state index >= 15 is 0 Å². The lowest BCUT2D eigenvalue weighted by Crippen LogP contribution is -2.24. The number of thioether (sulfide) groups is 1. The van der Waals surface area contributed by atoms with Gasteiger partial charge in [0.25, 0.3) is 0 Å². The summed E-state index contributed by atoms with van der Waals surface area (Å²) in [5, 5.41) is 0.332. The second-order valence-corrected chi connectivity index (χ2v) is 4.76. The third-order valence-electron chi connectivity index (χ3n) is 1.91.